The van der Waals surface area contributed by atoms with E-state index in [9.17, 15) is 14.5 Å². The summed E-state index contributed by atoms with van der Waals surface area (Å²) in [5, 5.41) is 10.9. The number of hydrogen-bond donors (Lipinski definition) is 1. The summed E-state index contributed by atoms with van der Waals surface area (Å²) in [7, 11) is 0. The van der Waals surface area contributed by atoms with Crippen LogP contribution in [0.1, 0.15) is 0 Å². The van der Waals surface area contributed by atoms with E-state index in [4.69, 9.17) is 10.5 Å². The fourth-order valence-electron chi connectivity index (χ4n) is 1.45. The van der Waals surface area contributed by atoms with Crippen LogP contribution in [0.15, 0.2) is 36.4 Å². The van der Waals surface area contributed by atoms with Crippen LogP contribution in [-0.4, -0.2) is 4.92 Å². The summed E-state index contributed by atoms with van der Waals surface area (Å²) in [6, 6.07) is 8.48. The van der Waals surface area contributed by atoms with Gasteiger partial charge in [-0.25, -0.2) is 4.39 Å². The lowest BCUT2D eigenvalue weighted by Crippen LogP contribution is -1.96. The highest BCUT2D eigenvalue weighted by Gasteiger charge is 2.19. The second-order valence-electron chi connectivity index (χ2n) is 3.67. The van der Waals surface area contributed by atoms with Gasteiger partial charge in [-0.1, -0.05) is 6.07 Å². The predicted molar refractivity (Wildman–Crippen MR) is 76.7 cm³/mol. The topological polar surface area (TPSA) is 78.4 Å². The van der Waals surface area contributed by atoms with Crippen LogP contribution in [0, 0.1) is 19.5 Å². The molecule has 2 aromatic rings. The van der Waals surface area contributed by atoms with E-state index >= 15 is 0 Å². The molecule has 0 aliphatic carbocycles. The number of rotatable bonds is 3. The normalized spacial score (nSPS) is 10.2. The van der Waals surface area contributed by atoms with Gasteiger partial charge >= 0.3 is 5.69 Å². The minimum absolute atomic E-state index is 0.157. The van der Waals surface area contributed by atoms with Crippen LogP contribution in [0.25, 0.3) is 0 Å². The zero-order valence-electron chi connectivity index (χ0n) is 9.47. The van der Waals surface area contributed by atoms with Crippen molar-refractivity contribution in [1.29, 1.82) is 0 Å². The molecule has 5 nitrogen and oxygen atoms in total. The summed E-state index contributed by atoms with van der Waals surface area (Å²) in [6.07, 6.45) is 0. The fourth-order valence-corrected chi connectivity index (χ4v) is 1.90. The summed E-state index contributed by atoms with van der Waals surface area (Å²) >= 11 is 1.68. The Kier molecular flexibility index (Phi) is 3.84. The third-order valence-corrected chi connectivity index (χ3v) is 3.11. The predicted octanol–water partition coefficient (Wildman–Crippen LogP) is 3.71. The van der Waals surface area contributed by atoms with Crippen molar-refractivity contribution in [2.45, 2.75) is 0 Å². The van der Waals surface area contributed by atoms with Gasteiger partial charge in [0.15, 0.2) is 0 Å². The molecule has 0 saturated heterocycles. The lowest BCUT2D eigenvalue weighted by atomic mass is 10.2. The van der Waals surface area contributed by atoms with Gasteiger partial charge in [-0.3, -0.25) is 10.1 Å². The number of anilines is 1. The van der Waals surface area contributed by atoms with Crippen LogP contribution in [-0.2, 0) is 0 Å². The SMILES string of the molecule is Nc1cccc(Oc2cc(F)c(I)cc2[N+](=O)[O-])c1. The molecular weight excluding hydrogens is 366 g/mol. The number of hydrogen-bond acceptors (Lipinski definition) is 4. The highest BCUT2D eigenvalue weighted by atomic mass is 127. The van der Waals surface area contributed by atoms with Crippen molar-refractivity contribution >= 4 is 34.0 Å². The Bertz CT molecular complexity index is 649. The Morgan fingerprint density at radius 3 is 2.68 bits per heavy atom. The fraction of sp³-hybridized carbons (Fsp3) is 0. The molecule has 0 fully saturated rings. The van der Waals surface area contributed by atoms with E-state index in [2.05, 4.69) is 0 Å². The molecule has 0 radical (unpaired) electrons. The van der Waals surface area contributed by atoms with Gasteiger partial charge in [0.05, 0.1) is 8.49 Å². The van der Waals surface area contributed by atoms with Crippen LogP contribution in [0.4, 0.5) is 15.8 Å². The van der Waals surface area contributed by atoms with Gasteiger partial charge in [-0.2, -0.15) is 0 Å². The van der Waals surface area contributed by atoms with E-state index in [0.717, 1.165) is 12.1 Å². The van der Waals surface area contributed by atoms with Gasteiger partial charge in [-0.05, 0) is 34.7 Å². The number of nitro benzene ring substituents is 1. The molecule has 0 bridgehead atoms. The van der Waals surface area contributed by atoms with Gasteiger partial charge < -0.3 is 10.5 Å². The molecule has 0 unspecified atom stereocenters. The van der Waals surface area contributed by atoms with Crippen molar-refractivity contribution in [1.82, 2.24) is 0 Å². The average molecular weight is 374 g/mol. The molecule has 0 aliphatic rings. The van der Waals surface area contributed by atoms with Gasteiger partial charge in [0.25, 0.3) is 0 Å². The third-order valence-electron chi connectivity index (χ3n) is 2.28. The van der Waals surface area contributed by atoms with Crippen molar-refractivity contribution in [2.75, 3.05) is 5.73 Å². The first-order valence-corrected chi connectivity index (χ1v) is 6.22. The van der Waals surface area contributed by atoms with Gasteiger partial charge in [-0.15, -0.1) is 0 Å². The molecule has 98 valence electrons. The first-order chi connectivity index (χ1) is 8.97. The maximum Gasteiger partial charge on any atom is 0.312 e. The van der Waals surface area contributed by atoms with E-state index in [0.29, 0.717) is 11.4 Å². The zero-order chi connectivity index (χ0) is 14.0. The number of ether oxygens (including phenoxy) is 1. The number of benzene rings is 2. The maximum absolute atomic E-state index is 13.5. The van der Waals surface area contributed by atoms with Crippen molar-refractivity contribution in [3.05, 3.63) is 55.9 Å². The smallest absolute Gasteiger partial charge is 0.312 e. The summed E-state index contributed by atoms with van der Waals surface area (Å²) in [5.74, 6) is -0.428. The molecule has 0 aliphatic heterocycles. The number of halogens is 2. The molecule has 2 aromatic carbocycles. The van der Waals surface area contributed by atoms with Gasteiger partial charge in [0.1, 0.15) is 11.6 Å². The first kappa shape index (κ1) is 13.5. The third kappa shape index (κ3) is 3.11. The van der Waals surface area contributed by atoms with E-state index in [1.54, 1.807) is 40.8 Å². The summed E-state index contributed by atoms with van der Waals surface area (Å²) in [6.45, 7) is 0. The lowest BCUT2D eigenvalue weighted by molar-refractivity contribution is -0.385. The molecule has 0 spiro atoms. The highest BCUT2D eigenvalue weighted by molar-refractivity contribution is 14.1. The molecule has 19 heavy (non-hydrogen) atoms. The Labute approximate surface area is 121 Å². The molecule has 0 saturated carbocycles. The Balaban J connectivity index is 2.44. The molecular formula is C12H8FIN2O3. The second-order valence-corrected chi connectivity index (χ2v) is 4.83. The summed E-state index contributed by atoms with van der Waals surface area (Å²) < 4.78 is 18.9. The van der Waals surface area contributed by atoms with Crippen molar-refractivity contribution < 1.29 is 14.1 Å². The zero-order valence-corrected chi connectivity index (χ0v) is 11.6. The van der Waals surface area contributed by atoms with E-state index < -0.39 is 10.7 Å². The van der Waals surface area contributed by atoms with Crippen LogP contribution in [0.2, 0.25) is 0 Å². The number of nitrogen functional groups attached to an aromatic ring is 1. The highest BCUT2D eigenvalue weighted by Crippen LogP contribution is 2.34. The van der Waals surface area contributed by atoms with Crippen LogP contribution >= 0.6 is 22.6 Å². The van der Waals surface area contributed by atoms with Crippen LogP contribution in [0.5, 0.6) is 11.5 Å². The molecule has 0 atom stereocenters. The number of nitrogens with two attached hydrogens (primary N) is 1. The van der Waals surface area contributed by atoms with Crippen molar-refractivity contribution in [3.63, 3.8) is 0 Å². The van der Waals surface area contributed by atoms with Crippen LogP contribution < -0.4 is 10.5 Å². The van der Waals surface area contributed by atoms with Crippen LogP contribution in [0.3, 0.4) is 0 Å². The van der Waals surface area contributed by atoms with E-state index in [-0.39, 0.29) is 15.0 Å². The Hall–Kier alpha value is -1.90. The van der Waals surface area contributed by atoms with Gasteiger partial charge in [0, 0.05) is 23.9 Å². The maximum atomic E-state index is 13.5. The van der Waals surface area contributed by atoms with Gasteiger partial charge in [0.2, 0.25) is 5.75 Å². The minimum Gasteiger partial charge on any atom is -0.450 e. The molecule has 0 aromatic heterocycles. The molecule has 7 heteroatoms. The molecule has 2 rings (SSSR count). The average Bonchev–Trinajstić information content (AvgIpc) is 2.33. The molecule has 2 N–H and O–H groups in total. The van der Waals surface area contributed by atoms with Crippen molar-refractivity contribution in [2.24, 2.45) is 0 Å². The molecule has 0 amide bonds. The summed E-state index contributed by atoms with van der Waals surface area (Å²) in [5.41, 5.74) is 5.73. The molecule has 0 heterocycles. The lowest BCUT2D eigenvalue weighted by Gasteiger charge is -2.07. The monoisotopic (exact) mass is 374 g/mol. The Morgan fingerprint density at radius 2 is 2.05 bits per heavy atom. The minimum atomic E-state index is -0.622. The Morgan fingerprint density at radius 1 is 1.32 bits per heavy atom. The van der Waals surface area contributed by atoms with Crippen molar-refractivity contribution in [3.8, 4) is 11.5 Å². The quantitative estimate of drug-likeness (QED) is 0.385. The standard InChI is InChI=1S/C12H8FIN2O3/c13-9-5-12(11(16(17)18)6-10(9)14)19-8-3-1-2-7(15)4-8/h1-6H,15H2. The second kappa shape index (κ2) is 5.39. The summed E-state index contributed by atoms with van der Waals surface area (Å²) in [4.78, 5) is 10.3. The first-order valence-electron chi connectivity index (χ1n) is 5.14. The largest absolute Gasteiger partial charge is 0.450 e. The number of nitro groups is 1. The van der Waals surface area contributed by atoms with E-state index in [1.165, 1.54) is 6.07 Å². The van der Waals surface area contributed by atoms with E-state index in [1.807, 2.05) is 0 Å². The number of nitrogens with zero attached hydrogens (tertiary/aromatic N) is 1.